The van der Waals surface area contributed by atoms with Crippen molar-refractivity contribution < 1.29 is 9.53 Å². The first kappa shape index (κ1) is 17.5. The Morgan fingerprint density at radius 3 is 2.60 bits per heavy atom. The molecule has 1 fully saturated rings. The minimum atomic E-state index is 0.0587. The van der Waals surface area contributed by atoms with Gasteiger partial charge in [-0.05, 0) is 42.0 Å². The first-order valence-electron chi connectivity index (χ1n) is 9.05. The second-order valence-corrected chi connectivity index (χ2v) is 6.98. The number of ether oxygens (including phenoxy) is 1. The highest BCUT2D eigenvalue weighted by atomic mass is 16.5. The molecule has 0 saturated carbocycles. The maximum absolute atomic E-state index is 12.6. The van der Waals surface area contributed by atoms with Gasteiger partial charge in [0.25, 0.3) is 0 Å². The molecule has 1 aliphatic rings. The number of piperidine rings is 1. The van der Waals surface area contributed by atoms with Gasteiger partial charge in [-0.2, -0.15) is 0 Å². The van der Waals surface area contributed by atoms with Crippen molar-refractivity contribution in [2.24, 2.45) is 0 Å². The number of hydrogen-bond acceptors (Lipinski definition) is 3. The van der Waals surface area contributed by atoms with Crippen LogP contribution in [0.15, 0.2) is 48.8 Å². The lowest BCUT2D eigenvalue weighted by atomic mass is 10.0. The Morgan fingerprint density at radius 1 is 1.20 bits per heavy atom. The molecule has 1 atom stereocenters. The van der Waals surface area contributed by atoms with Crippen molar-refractivity contribution in [2.75, 3.05) is 13.1 Å². The van der Waals surface area contributed by atoms with E-state index in [1.807, 2.05) is 17.0 Å². The van der Waals surface area contributed by atoms with E-state index in [9.17, 15) is 4.79 Å². The maximum Gasteiger partial charge on any atom is 0.227 e. The Kier molecular flexibility index (Phi) is 5.69. The van der Waals surface area contributed by atoms with Gasteiger partial charge in [0.15, 0.2) is 0 Å². The fourth-order valence-corrected chi connectivity index (χ4v) is 3.18. The van der Waals surface area contributed by atoms with E-state index in [0.717, 1.165) is 30.7 Å². The normalized spacial score (nSPS) is 17.6. The van der Waals surface area contributed by atoms with Crippen LogP contribution in [0.2, 0.25) is 0 Å². The topological polar surface area (TPSA) is 42.4 Å². The average Bonchev–Trinajstić information content (AvgIpc) is 2.63. The van der Waals surface area contributed by atoms with Crippen LogP contribution in [-0.2, 0) is 11.2 Å². The van der Waals surface area contributed by atoms with Crippen molar-refractivity contribution in [3.05, 3.63) is 59.9 Å². The van der Waals surface area contributed by atoms with Crippen LogP contribution >= 0.6 is 0 Å². The van der Waals surface area contributed by atoms with Gasteiger partial charge >= 0.3 is 0 Å². The zero-order chi connectivity index (χ0) is 17.6. The molecule has 2 aromatic rings. The van der Waals surface area contributed by atoms with Gasteiger partial charge in [-0.1, -0.05) is 38.1 Å². The lowest BCUT2D eigenvalue weighted by Crippen LogP contribution is -2.45. The molecule has 1 unspecified atom stereocenters. The molecule has 0 bridgehead atoms. The Hall–Kier alpha value is -2.36. The van der Waals surface area contributed by atoms with Crippen molar-refractivity contribution in [3.63, 3.8) is 0 Å². The predicted octanol–water partition coefficient (Wildman–Crippen LogP) is 3.82. The zero-order valence-electron chi connectivity index (χ0n) is 15.0. The minimum Gasteiger partial charge on any atom is -0.488 e. The van der Waals surface area contributed by atoms with Crippen LogP contribution < -0.4 is 4.74 Å². The zero-order valence-corrected chi connectivity index (χ0v) is 15.0. The van der Waals surface area contributed by atoms with Crippen LogP contribution in [0.25, 0.3) is 0 Å². The van der Waals surface area contributed by atoms with Gasteiger partial charge in [-0.15, -0.1) is 0 Å². The SMILES string of the molecule is CC(C)c1ccc(CC(=O)N2CCCC(Oc3ccncc3)C2)cc1. The third-order valence-electron chi connectivity index (χ3n) is 4.69. The molecule has 1 aromatic heterocycles. The summed E-state index contributed by atoms with van der Waals surface area (Å²) in [6.45, 7) is 5.83. The Labute approximate surface area is 149 Å². The molecule has 4 nitrogen and oxygen atoms in total. The fourth-order valence-electron chi connectivity index (χ4n) is 3.18. The first-order chi connectivity index (χ1) is 12.1. The number of aromatic nitrogens is 1. The molecule has 1 aliphatic heterocycles. The van der Waals surface area contributed by atoms with Crippen LogP contribution in [-0.4, -0.2) is 35.0 Å². The highest BCUT2D eigenvalue weighted by Crippen LogP contribution is 2.19. The standard InChI is InChI=1S/C21H26N2O2/c1-16(2)18-7-5-17(6-8-18)14-21(24)23-13-3-4-20(15-23)25-19-9-11-22-12-10-19/h5-12,16,20H,3-4,13-15H2,1-2H3. The molecule has 25 heavy (non-hydrogen) atoms. The molecule has 4 heteroatoms. The molecule has 1 aromatic carbocycles. The summed E-state index contributed by atoms with van der Waals surface area (Å²) in [5, 5.41) is 0. The van der Waals surface area contributed by atoms with Gasteiger partial charge in [-0.25, -0.2) is 0 Å². The average molecular weight is 338 g/mol. The van der Waals surface area contributed by atoms with E-state index in [2.05, 4.69) is 43.1 Å². The molecular weight excluding hydrogens is 312 g/mol. The highest BCUT2D eigenvalue weighted by Gasteiger charge is 2.24. The fraction of sp³-hybridized carbons (Fsp3) is 0.429. The van der Waals surface area contributed by atoms with Gasteiger partial charge in [0.05, 0.1) is 13.0 Å². The van der Waals surface area contributed by atoms with Crippen molar-refractivity contribution in [1.82, 2.24) is 9.88 Å². The summed E-state index contributed by atoms with van der Waals surface area (Å²) in [6, 6.07) is 12.1. The summed E-state index contributed by atoms with van der Waals surface area (Å²) >= 11 is 0. The van der Waals surface area contributed by atoms with Crippen molar-refractivity contribution in [1.29, 1.82) is 0 Å². The van der Waals surface area contributed by atoms with Gasteiger partial charge < -0.3 is 9.64 Å². The number of benzene rings is 1. The van der Waals surface area contributed by atoms with E-state index >= 15 is 0 Å². The summed E-state index contributed by atoms with van der Waals surface area (Å²) in [5.74, 6) is 1.51. The summed E-state index contributed by atoms with van der Waals surface area (Å²) in [7, 11) is 0. The summed E-state index contributed by atoms with van der Waals surface area (Å²) in [4.78, 5) is 18.6. The number of rotatable bonds is 5. The predicted molar refractivity (Wildman–Crippen MR) is 98.7 cm³/mol. The second-order valence-electron chi connectivity index (χ2n) is 6.98. The van der Waals surface area contributed by atoms with Crippen LogP contribution in [0.3, 0.4) is 0 Å². The molecule has 0 radical (unpaired) electrons. The maximum atomic E-state index is 12.6. The number of pyridine rings is 1. The van der Waals surface area contributed by atoms with Crippen molar-refractivity contribution in [3.8, 4) is 5.75 Å². The van der Waals surface area contributed by atoms with E-state index < -0.39 is 0 Å². The summed E-state index contributed by atoms with van der Waals surface area (Å²) in [5.41, 5.74) is 2.38. The number of hydrogen-bond donors (Lipinski definition) is 0. The number of likely N-dealkylation sites (tertiary alicyclic amines) is 1. The van der Waals surface area contributed by atoms with E-state index in [1.165, 1.54) is 5.56 Å². The Balaban J connectivity index is 1.56. The molecular formula is C21H26N2O2. The summed E-state index contributed by atoms with van der Waals surface area (Å²) in [6.07, 6.45) is 5.93. The van der Waals surface area contributed by atoms with E-state index in [1.54, 1.807) is 12.4 Å². The second kappa shape index (κ2) is 8.15. The van der Waals surface area contributed by atoms with E-state index in [-0.39, 0.29) is 12.0 Å². The van der Waals surface area contributed by atoms with Crippen LogP contribution in [0.4, 0.5) is 0 Å². The molecule has 2 heterocycles. The summed E-state index contributed by atoms with van der Waals surface area (Å²) < 4.78 is 5.99. The number of carbonyl (C=O) groups is 1. The minimum absolute atomic E-state index is 0.0587. The Morgan fingerprint density at radius 2 is 1.92 bits per heavy atom. The molecule has 1 saturated heterocycles. The smallest absolute Gasteiger partial charge is 0.227 e. The van der Waals surface area contributed by atoms with Crippen LogP contribution in [0, 0.1) is 0 Å². The van der Waals surface area contributed by atoms with E-state index in [0.29, 0.717) is 18.9 Å². The monoisotopic (exact) mass is 338 g/mol. The molecule has 0 aliphatic carbocycles. The van der Waals surface area contributed by atoms with Gasteiger partial charge in [0.2, 0.25) is 5.91 Å². The first-order valence-corrected chi connectivity index (χ1v) is 9.05. The molecule has 3 rings (SSSR count). The quantitative estimate of drug-likeness (QED) is 0.832. The molecule has 132 valence electrons. The largest absolute Gasteiger partial charge is 0.488 e. The van der Waals surface area contributed by atoms with Crippen molar-refractivity contribution in [2.45, 2.75) is 45.1 Å². The Bertz CT molecular complexity index is 683. The van der Waals surface area contributed by atoms with Gasteiger partial charge in [0.1, 0.15) is 11.9 Å². The number of nitrogens with zero attached hydrogens (tertiary/aromatic N) is 2. The van der Waals surface area contributed by atoms with E-state index in [4.69, 9.17) is 4.74 Å². The van der Waals surface area contributed by atoms with Crippen LogP contribution in [0.1, 0.15) is 43.7 Å². The molecule has 0 spiro atoms. The number of carbonyl (C=O) groups excluding carboxylic acids is 1. The highest BCUT2D eigenvalue weighted by molar-refractivity contribution is 5.79. The lowest BCUT2D eigenvalue weighted by molar-refractivity contribution is -0.133. The van der Waals surface area contributed by atoms with Gasteiger partial charge in [0, 0.05) is 18.9 Å². The van der Waals surface area contributed by atoms with Crippen molar-refractivity contribution >= 4 is 5.91 Å². The third kappa shape index (κ3) is 4.81. The van der Waals surface area contributed by atoms with Crippen LogP contribution in [0.5, 0.6) is 5.75 Å². The molecule has 1 amide bonds. The molecule has 0 N–H and O–H groups in total. The number of amides is 1. The lowest BCUT2D eigenvalue weighted by Gasteiger charge is -2.33. The third-order valence-corrected chi connectivity index (χ3v) is 4.69. The van der Waals surface area contributed by atoms with Gasteiger partial charge in [-0.3, -0.25) is 9.78 Å².